The van der Waals surface area contributed by atoms with E-state index in [0.717, 1.165) is 24.3 Å². The van der Waals surface area contributed by atoms with Crippen LogP contribution in [0.1, 0.15) is 15.9 Å². The summed E-state index contributed by atoms with van der Waals surface area (Å²) in [6.07, 6.45) is 2.25. The molecule has 0 N–H and O–H groups in total. The molecule has 0 aliphatic rings. The molecule has 2 rings (SSSR count). The van der Waals surface area contributed by atoms with E-state index < -0.39 is 11.6 Å². The van der Waals surface area contributed by atoms with Crippen LogP contribution in [-0.2, 0) is 0 Å². The number of rotatable bonds is 4. The van der Waals surface area contributed by atoms with Crippen molar-refractivity contribution in [1.82, 2.24) is 0 Å². The van der Waals surface area contributed by atoms with E-state index in [0.29, 0.717) is 11.3 Å². The predicted molar refractivity (Wildman–Crippen MR) is 72.7 cm³/mol. The molecule has 0 radical (unpaired) electrons. The summed E-state index contributed by atoms with van der Waals surface area (Å²) in [5.74, 6) is -1.40. The van der Waals surface area contributed by atoms with Gasteiger partial charge in [0.1, 0.15) is 17.4 Å². The second-order valence-electron chi connectivity index (χ2n) is 4.03. The van der Waals surface area contributed by atoms with Crippen LogP contribution in [0.25, 0.3) is 6.08 Å². The average Bonchev–Trinajstić information content (AvgIpc) is 2.46. The Kier molecular flexibility index (Phi) is 4.25. The van der Waals surface area contributed by atoms with Gasteiger partial charge in [-0.15, -0.1) is 0 Å². The van der Waals surface area contributed by atoms with Crippen LogP contribution in [0, 0.1) is 11.6 Å². The number of ether oxygens (including phenoxy) is 1. The molecule has 0 atom stereocenters. The van der Waals surface area contributed by atoms with E-state index in [1.807, 2.05) is 0 Å². The van der Waals surface area contributed by atoms with Crippen molar-refractivity contribution in [3.05, 3.63) is 71.3 Å². The zero-order chi connectivity index (χ0) is 14.5. The molecule has 0 saturated carbocycles. The maximum Gasteiger partial charge on any atom is 0.189 e. The first kappa shape index (κ1) is 13.9. The number of allylic oxidation sites excluding steroid dienone is 1. The summed E-state index contributed by atoms with van der Waals surface area (Å²) in [5.41, 5.74) is 0.0961. The smallest absolute Gasteiger partial charge is 0.189 e. The van der Waals surface area contributed by atoms with Gasteiger partial charge in [0.15, 0.2) is 5.78 Å². The molecule has 0 spiro atoms. The minimum atomic E-state index is -0.714. The largest absolute Gasteiger partial charge is 0.496 e. The number of methoxy groups -OCH3 is 1. The lowest BCUT2D eigenvalue weighted by molar-refractivity contribution is 0.104. The van der Waals surface area contributed by atoms with Gasteiger partial charge in [0, 0.05) is 5.56 Å². The molecule has 2 nitrogen and oxygen atoms in total. The minimum absolute atomic E-state index is 0.240. The Morgan fingerprint density at radius 2 is 1.70 bits per heavy atom. The fraction of sp³-hybridized carbons (Fsp3) is 0.0625. The molecule has 20 heavy (non-hydrogen) atoms. The highest BCUT2D eigenvalue weighted by molar-refractivity contribution is 6.08. The van der Waals surface area contributed by atoms with Crippen molar-refractivity contribution in [3.8, 4) is 5.75 Å². The molecule has 0 aliphatic heterocycles. The van der Waals surface area contributed by atoms with Crippen molar-refractivity contribution in [3.63, 3.8) is 0 Å². The fourth-order valence-electron chi connectivity index (χ4n) is 1.77. The molecule has 0 heterocycles. The predicted octanol–water partition coefficient (Wildman–Crippen LogP) is 3.87. The van der Waals surface area contributed by atoms with Crippen LogP contribution in [0.4, 0.5) is 8.78 Å². The van der Waals surface area contributed by atoms with E-state index in [4.69, 9.17) is 4.74 Å². The van der Waals surface area contributed by atoms with Crippen LogP contribution >= 0.6 is 0 Å². The summed E-state index contributed by atoms with van der Waals surface area (Å²) < 4.78 is 31.9. The van der Waals surface area contributed by atoms with Crippen LogP contribution in [0.15, 0.2) is 48.5 Å². The van der Waals surface area contributed by atoms with Gasteiger partial charge in [0.25, 0.3) is 0 Å². The van der Waals surface area contributed by atoms with E-state index in [2.05, 4.69) is 0 Å². The number of hydrogen-bond acceptors (Lipinski definition) is 2. The van der Waals surface area contributed by atoms with Crippen LogP contribution in [0.3, 0.4) is 0 Å². The number of carbonyl (C=O) groups excluding carboxylic acids is 1. The number of hydrogen-bond donors (Lipinski definition) is 0. The first-order valence-corrected chi connectivity index (χ1v) is 5.93. The highest BCUT2D eigenvalue weighted by Crippen LogP contribution is 2.19. The van der Waals surface area contributed by atoms with Gasteiger partial charge in [-0.05, 0) is 36.4 Å². The second kappa shape index (κ2) is 6.10. The third kappa shape index (κ3) is 2.91. The summed E-state index contributed by atoms with van der Waals surface area (Å²) in [4.78, 5) is 12.0. The molecular weight excluding hydrogens is 262 g/mol. The molecule has 0 saturated heterocycles. The summed E-state index contributed by atoms with van der Waals surface area (Å²) >= 11 is 0. The van der Waals surface area contributed by atoms with E-state index in [1.165, 1.54) is 13.2 Å². The lowest BCUT2D eigenvalue weighted by Crippen LogP contribution is -1.98. The maximum absolute atomic E-state index is 13.4. The Balaban J connectivity index is 2.30. The van der Waals surface area contributed by atoms with E-state index >= 15 is 0 Å². The fourth-order valence-corrected chi connectivity index (χ4v) is 1.77. The van der Waals surface area contributed by atoms with E-state index in [1.54, 1.807) is 24.3 Å². The number of benzene rings is 2. The molecule has 4 heteroatoms. The number of para-hydroxylation sites is 1. The van der Waals surface area contributed by atoms with Gasteiger partial charge in [0.2, 0.25) is 0 Å². The SMILES string of the molecule is COc1ccccc1C(=O)/C=C/c1c(F)cccc1F. The topological polar surface area (TPSA) is 26.3 Å². The van der Waals surface area contributed by atoms with Crippen molar-refractivity contribution < 1.29 is 18.3 Å². The van der Waals surface area contributed by atoms with Crippen LogP contribution in [0.2, 0.25) is 0 Å². The highest BCUT2D eigenvalue weighted by Gasteiger charge is 2.10. The lowest BCUT2D eigenvalue weighted by atomic mass is 10.1. The molecule has 102 valence electrons. The Morgan fingerprint density at radius 1 is 1.05 bits per heavy atom. The second-order valence-corrected chi connectivity index (χ2v) is 4.03. The van der Waals surface area contributed by atoms with Gasteiger partial charge in [-0.3, -0.25) is 4.79 Å². The van der Waals surface area contributed by atoms with Crippen LogP contribution in [0.5, 0.6) is 5.75 Å². The average molecular weight is 274 g/mol. The highest BCUT2D eigenvalue weighted by atomic mass is 19.1. The molecule has 0 aromatic heterocycles. The number of ketones is 1. The van der Waals surface area contributed by atoms with Gasteiger partial charge in [-0.1, -0.05) is 18.2 Å². The first-order chi connectivity index (χ1) is 9.63. The van der Waals surface area contributed by atoms with Gasteiger partial charge in [0.05, 0.1) is 12.7 Å². The third-order valence-corrected chi connectivity index (χ3v) is 2.77. The van der Waals surface area contributed by atoms with Crippen molar-refractivity contribution in [2.75, 3.05) is 7.11 Å². The summed E-state index contributed by atoms with van der Waals surface area (Å²) in [6.45, 7) is 0. The van der Waals surface area contributed by atoms with Crippen LogP contribution in [-0.4, -0.2) is 12.9 Å². The molecular formula is C16H12F2O2. The molecule has 0 unspecified atom stereocenters. The van der Waals surface area contributed by atoms with Gasteiger partial charge in [-0.25, -0.2) is 8.78 Å². The molecule has 0 fully saturated rings. The molecule has 0 aliphatic carbocycles. The molecule has 2 aromatic rings. The minimum Gasteiger partial charge on any atom is -0.496 e. The summed E-state index contributed by atoms with van der Waals surface area (Å²) in [6, 6.07) is 10.2. The Bertz CT molecular complexity index is 643. The van der Waals surface area contributed by atoms with Gasteiger partial charge in [-0.2, -0.15) is 0 Å². The Labute approximate surface area is 115 Å². The van der Waals surface area contributed by atoms with Crippen molar-refractivity contribution in [2.45, 2.75) is 0 Å². The lowest BCUT2D eigenvalue weighted by Gasteiger charge is -2.04. The standard InChI is InChI=1S/C16H12F2O2/c1-20-16-8-3-2-5-12(16)15(19)10-9-11-13(17)6-4-7-14(11)18/h2-10H,1H3/b10-9+. The van der Waals surface area contributed by atoms with E-state index in [9.17, 15) is 13.6 Å². The molecule has 2 aromatic carbocycles. The van der Waals surface area contributed by atoms with Gasteiger partial charge < -0.3 is 4.74 Å². The normalized spacial score (nSPS) is 10.8. The van der Waals surface area contributed by atoms with Crippen LogP contribution < -0.4 is 4.74 Å². The zero-order valence-electron chi connectivity index (χ0n) is 10.8. The summed E-state index contributed by atoms with van der Waals surface area (Å²) in [5, 5.41) is 0. The van der Waals surface area contributed by atoms with Crippen molar-refractivity contribution >= 4 is 11.9 Å². The molecule has 0 amide bonds. The molecule has 0 bridgehead atoms. The zero-order valence-corrected chi connectivity index (χ0v) is 10.8. The number of halogens is 2. The summed E-state index contributed by atoms with van der Waals surface area (Å²) in [7, 11) is 1.45. The van der Waals surface area contributed by atoms with Gasteiger partial charge >= 0.3 is 0 Å². The van der Waals surface area contributed by atoms with Crippen molar-refractivity contribution in [2.24, 2.45) is 0 Å². The quantitative estimate of drug-likeness (QED) is 0.625. The number of carbonyl (C=O) groups is 1. The third-order valence-electron chi connectivity index (χ3n) is 2.77. The monoisotopic (exact) mass is 274 g/mol. The Hall–Kier alpha value is -2.49. The first-order valence-electron chi connectivity index (χ1n) is 5.93. The van der Waals surface area contributed by atoms with E-state index in [-0.39, 0.29) is 11.3 Å². The Morgan fingerprint density at radius 3 is 2.35 bits per heavy atom. The van der Waals surface area contributed by atoms with Crippen molar-refractivity contribution in [1.29, 1.82) is 0 Å². The maximum atomic E-state index is 13.4.